The van der Waals surface area contributed by atoms with E-state index in [-0.39, 0.29) is 6.61 Å². The van der Waals surface area contributed by atoms with Crippen molar-refractivity contribution in [2.75, 3.05) is 13.2 Å². The van der Waals surface area contributed by atoms with Crippen LogP contribution in [0.4, 0.5) is 4.79 Å². The van der Waals surface area contributed by atoms with E-state index in [1.165, 1.54) is 11.8 Å². The van der Waals surface area contributed by atoms with Crippen LogP contribution in [0.1, 0.15) is 33.6 Å². The van der Waals surface area contributed by atoms with Crippen LogP contribution in [-0.2, 0) is 9.53 Å². The molecule has 15 heavy (non-hydrogen) atoms. The number of carbonyl (C=O) groups is 2. The quantitative estimate of drug-likeness (QED) is 0.735. The Labute approximate surface area is 90.0 Å². The van der Waals surface area contributed by atoms with Crippen LogP contribution in [0.3, 0.4) is 0 Å². The van der Waals surface area contributed by atoms with Crippen LogP contribution in [0.25, 0.3) is 0 Å². The van der Waals surface area contributed by atoms with Crippen LogP contribution < -0.4 is 0 Å². The fraction of sp³-hybridized carbons (Fsp3) is 0.800. The van der Waals surface area contributed by atoms with Crippen molar-refractivity contribution in [3.63, 3.8) is 0 Å². The summed E-state index contributed by atoms with van der Waals surface area (Å²) in [6.45, 7) is 5.83. The van der Waals surface area contributed by atoms with Gasteiger partial charge in [-0.25, -0.2) is 9.59 Å². The number of ether oxygens (including phenoxy) is 1. The first kappa shape index (κ1) is 13.7. The highest BCUT2D eigenvalue weighted by atomic mass is 16.6. The van der Waals surface area contributed by atoms with Gasteiger partial charge in [0.2, 0.25) is 0 Å². The monoisotopic (exact) mass is 217 g/mol. The second-order valence-corrected chi connectivity index (χ2v) is 3.26. The molecule has 1 amide bonds. The maximum Gasteiger partial charge on any atom is 0.410 e. The number of unbranched alkanes of at least 4 members (excludes halogenated alkanes) is 1. The van der Waals surface area contributed by atoms with Crippen LogP contribution in [0.5, 0.6) is 0 Å². The smallest absolute Gasteiger partial charge is 0.410 e. The summed E-state index contributed by atoms with van der Waals surface area (Å²) in [5, 5.41) is 8.82. The van der Waals surface area contributed by atoms with Crippen molar-refractivity contribution >= 4 is 12.1 Å². The van der Waals surface area contributed by atoms with Crippen molar-refractivity contribution in [2.45, 2.75) is 39.7 Å². The maximum absolute atomic E-state index is 11.4. The Kier molecular flexibility index (Phi) is 6.49. The molecule has 1 atom stereocenters. The van der Waals surface area contributed by atoms with Crippen molar-refractivity contribution in [1.82, 2.24) is 4.90 Å². The molecule has 0 rings (SSSR count). The highest BCUT2D eigenvalue weighted by Gasteiger charge is 2.25. The molecule has 0 aromatic carbocycles. The zero-order valence-electron chi connectivity index (χ0n) is 9.52. The molecule has 0 aliphatic carbocycles. The van der Waals surface area contributed by atoms with Gasteiger partial charge in [0.15, 0.2) is 0 Å². The van der Waals surface area contributed by atoms with E-state index in [0.717, 1.165) is 12.8 Å². The number of carboxylic acid groups (broad SMARTS) is 1. The summed E-state index contributed by atoms with van der Waals surface area (Å²) in [6.07, 6.45) is 1.12. The number of hydrogen-bond acceptors (Lipinski definition) is 3. The highest BCUT2D eigenvalue weighted by molar-refractivity contribution is 5.79. The number of rotatable bonds is 6. The number of hydrogen-bond donors (Lipinski definition) is 1. The third-order valence-electron chi connectivity index (χ3n) is 2.08. The molecule has 5 heteroatoms. The Hall–Kier alpha value is -1.26. The number of nitrogens with zero attached hydrogens (tertiary/aromatic N) is 1. The topological polar surface area (TPSA) is 66.8 Å². The van der Waals surface area contributed by atoms with Gasteiger partial charge in [-0.2, -0.15) is 0 Å². The van der Waals surface area contributed by atoms with Crippen molar-refractivity contribution in [2.24, 2.45) is 0 Å². The van der Waals surface area contributed by atoms with Crippen molar-refractivity contribution in [1.29, 1.82) is 0 Å². The predicted molar refractivity (Wildman–Crippen MR) is 55.7 cm³/mol. The number of aliphatic carboxylic acids is 1. The first-order valence-electron chi connectivity index (χ1n) is 5.20. The molecular formula is C10H19NO4. The van der Waals surface area contributed by atoms with Gasteiger partial charge >= 0.3 is 12.1 Å². The molecule has 0 heterocycles. The number of carboxylic acids is 1. The molecule has 0 spiro atoms. The third-order valence-corrected chi connectivity index (χ3v) is 2.08. The van der Waals surface area contributed by atoms with Crippen LogP contribution in [0.2, 0.25) is 0 Å². The molecule has 0 saturated carbocycles. The molecule has 5 nitrogen and oxygen atoms in total. The van der Waals surface area contributed by atoms with Gasteiger partial charge in [0.05, 0.1) is 6.61 Å². The summed E-state index contributed by atoms with van der Waals surface area (Å²) in [5.74, 6) is -1.01. The van der Waals surface area contributed by atoms with Gasteiger partial charge in [0.1, 0.15) is 6.04 Å². The van der Waals surface area contributed by atoms with Crippen LogP contribution in [0.15, 0.2) is 0 Å². The fourth-order valence-corrected chi connectivity index (χ4v) is 1.11. The van der Waals surface area contributed by atoms with Gasteiger partial charge in [-0.05, 0) is 20.3 Å². The summed E-state index contributed by atoms with van der Waals surface area (Å²) in [7, 11) is 0. The minimum atomic E-state index is -1.01. The lowest BCUT2D eigenvalue weighted by atomic mass is 10.2. The zero-order chi connectivity index (χ0) is 11.8. The summed E-state index contributed by atoms with van der Waals surface area (Å²) in [4.78, 5) is 23.4. The first-order chi connectivity index (χ1) is 7.04. The summed E-state index contributed by atoms with van der Waals surface area (Å²) >= 11 is 0. The molecule has 0 aromatic rings. The van der Waals surface area contributed by atoms with Gasteiger partial charge < -0.3 is 9.84 Å². The Morgan fingerprint density at radius 1 is 1.40 bits per heavy atom. The van der Waals surface area contributed by atoms with Crippen molar-refractivity contribution in [3.05, 3.63) is 0 Å². The summed E-state index contributed by atoms with van der Waals surface area (Å²) in [6, 6.07) is -0.837. The van der Waals surface area contributed by atoms with E-state index in [4.69, 9.17) is 9.84 Å². The average Bonchev–Trinajstić information content (AvgIpc) is 2.18. The largest absolute Gasteiger partial charge is 0.480 e. The second kappa shape index (κ2) is 7.09. The molecule has 88 valence electrons. The van der Waals surface area contributed by atoms with Crippen molar-refractivity contribution in [3.8, 4) is 0 Å². The Morgan fingerprint density at radius 3 is 2.40 bits per heavy atom. The molecule has 0 aromatic heterocycles. The Morgan fingerprint density at radius 2 is 2.00 bits per heavy atom. The van der Waals surface area contributed by atoms with Gasteiger partial charge in [0, 0.05) is 6.54 Å². The van der Waals surface area contributed by atoms with E-state index in [9.17, 15) is 9.59 Å². The normalized spacial score (nSPS) is 11.9. The SMILES string of the molecule is CCCCN(C(=O)OCC)C(C)C(=O)O. The number of amides is 1. The third kappa shape index (κ3) is 4.67. The molecule has 0 radical (unpaired) electrons. The molecule has 0 saturated heterocycles. The van der Waals surface area contributed by atoms with Crippen LogP contribution in [-0.4, -0.2) is 41.3 Å². The minimum Gasteiger partial charge on any atom is -0.480 e. The lowest BCUT2D eigenvalue weighted by molar-refractivity contribution is -0.142. The standard InChI is InChI=1S/C10H19NO4/c1-4-6-7-11(8(3)9(12)13)10(14)15-5-2/h8H,4-7H2,1-3H3,(H,12,13). The van der Waals surface area contributed by atoms with Crippen LogP contribution in [0, 0.1) is 0 Å². The van der Waals surface area contributed by atoms with E-state index in [2.05, 4.69) is 0 Å². The lowest BCUT2D eigenvalue weighted by Crippen LogP contribution is -2.44. The van der Waals surface area contributed by atoms with E-state index >= 15 is 0 Å². The van der Waals surface area contributed by atoms with E-state index in [0.29, 0.717) is 6.54 Å². The first-order valence-corrected chi connectivity index (χ1v) is 5.20. The molecule has 0 bridgehead atoms. The van der Waals surface area contributed by atoms with E-state index in [1.807, 2.05) is 6.92 Å². The van der Waals surface area contributed by atoms with Gasteiger partial charge in [0.25, 0.3) is 0 Å². The van der Waals surface area contributed by atoms with Crippen molar-refractivity contribution < 1.29 is 19.4 Å². The Balaban J connectivity index is 4.41. The van der Waals surface area contributed by atoms with Gasteiger partial charge in [-0.15, -0.1) is 0 Å². The molecule has 0 fully saturated rings. The van der Waals surface area contributed by atoms with Crippen LogP contribution >= 0.6 is 0 Å². The predicted octanol–water partition coefficient (Wildman–Crippen LogP) is 1.72. The van der Waals surface area contributed by atoms with E-state index in [1.54, 1.807) is 6.92 Å². The lowest BCUT2D eigenvalue weighted by Gasteiger charge is -2.25. The number of carbonyl (C=O) groups excluding carboxylic acids is 1. The molecular weight excluding hydrogens is 198 g/mol. The average molecular weight is 217 g/mol. The Bertz CT molecular complexity index is 217. The van der Waals surface area contributed by atoms with E-state index < -0.39 is 18.1 Å². The summed E-state index contributed by atoms with van der Waals surface area (Å²) < 4.78 is 4.80. The van der Waals surface area contributed by atoms with Gasteiger partial charge in [-0.1, -0.05) is 13.3 Å². The molecule has 1 N–H and O–H groups in total. The minimum absolute atomic E-state index is 0.258. The summed E-state index contributed by atoms with van der Waals surface area (Å²) in [5.41, 5.74) is 0. The molecule has 1 unspecified atom stereocenters. The molecule has 0 aliphatic rings. The second-order valence-electron chi connectivity index (χ2n) is 3.26. The zero-order valence-corrected chi connectivity index (χ0v) is 9.52. The highest BCUT2D eigenvalue weighted by Crippen LogP contribution is 2.05. The molecule has 0 aliphatic heterocycles. The fourth-order valence-electron chi connectivity index (χ4n) is 1.11. The van der Waals surface area contributed by atoms with Gasteiger partial charge in [-0.3, -0.25) is 4.90 Å². The maximum atomic E-state index is 11.4.